The van der Waals surface area contributed by atoms with E-state index in [1.165, 1.54) is 11.9 Å². The quantitative estimate of drug-likeness (QED) is 0.395. The van der Waals surface area contributed by atoms with Gasteiger partial charge in [-0.25, -0.2) is 9.97 Å². The molecule has 0 fully saturated rings. The highest BCUT2D eigenvalue weighted by molar-refractivity contribution is 6.42. The van der Waals surface area contributed by atoms with Crippen LogP contribution in [0.2, 0.25) is 10.0 Å². The maximum atomic E-state index is 10.1. The number of rotatable bonds is 4. The van der Waals surface area contributed by atoms with Crippen LogP contribution in [-0.4, -0.2) is 15.1 Å². The average Bonchev–Trinajstić information content (AvgIpc) is 2.72. The zero-order valence-corrected chi connectivity index (χ0v) is 17.1. The molecule has 1 heterocycles. The Hall–Kier alpha value is -3.08. The van der Waals surface area contributed by atoms with Crippen molar-refractivity contribution in [1.82, 2.24) is 9.97 Å². The van der Waals surface area contributed by atoms with Gasteiger partial charge >= 0.3 is 0 Å². The summed E-state index contributed by atoms with van der Waals surface area (Å²) in [5.41, 5.74) is 4.47. The zero-order valence-electron chi connectivity index (χ0n) is 15.6. The molecule has 0 saturated carbocycles. The maximum Gasteiger partial charge on any atom is 0.222 e. The minimum atomic E-state index is -0.0616. The summed E-state index contributed by atoms with van der Waals surface area (Å²) < 4.78 is 0. The third-order valence-electron chi connectivity index (χ3n) is 4.56. The van der Waals surface area contributed by atoms with Gasteiger partial charge in [0, 0.05) is 11.9 Å². The van der Waals surface area contributed by atoms with Crippen LogP contribution >= 0.6 is 23.2 Å². The second kappa shape index (κ2) is 8.11. The van der Waals surface area contributed by atoms with Crippen LogP contribution in [0.3, 0.4) is 0 Å². The lowest BCUT2D eigenvalue weighted by atomic mass is 10.1. The van der Waals surface area contributed by atoms with E-state index in [-0.39, 0.29) is 5.88 Å². The second-order valence-corrected chi connectivity index (χ2v) is 7.38. The first kappa shape index (κ1) is 19.2. The molecular formula is C23H17Cl2N3O. The Morgan fingerprint density at radius 1 is 0.931 bits per heavy atom. The third kappa shape index (κ3) is 4.04. The van der Waals surface area contributed by atoms with Gasteiger partial charge in [0.25, 0.3) is 0 Å². The van der Waals surface area contributed by atoms with Crippen molar-refractivity contribution in [2.75, 3.05) is 4.90 Å². The van der Waals surface area contributed by atoms with Crippen LogP contribution < -0.4 is 4.90 Å². The Morgan fingerprint density at radius 2 is 1.72 bits per heavy atom. The first-order valence-electron chi connectivity index (χ1n) is 8.95. The number of nitrogens with zero attached hydrogens (tertiary/aromatic N) is 3. The Kier molecular flexibility index (Phi) is 5.38. The van der Waals surface area contributed by atoms with Crippen molar-refractivity contribution in [1.29, 1.82) is 0 Å². The van der Waals surface area contributed by atoms with Gasteiger partial charge in [0.05, 0.1) is 21.1 Å². The molecule has 3 aromatic carbocycles. The predicted molar refractivity (Wildman–Crippen MR) is 120 cm³/mol. The Morgan fingerprint density at radius 3 is 2.48 bits per heavy atom. The Bertz CT molecular complexity index is 1210. The second-order valence-electron chi connectivity index (χ2n) is 6.57. The molecule has 0 radical (unpaired) electrons. The lowest BCUT2D eigenvalue weighted by molar-refractivity contribution is 0.459. The molecule has 4 aromatic rings. The van der Waals surface area contributed by atoms with Crippen LogP contribution in [-0.2, 0) is 0 Å². The summed E-state index contributed by atoms with van der Waals surface area (Å²) in [6, 6.07) is 19.2. The molecule has 1 aromatic heterocycles. The van der Waals surface area contributed by atoms with E-state index in [0.29, 0.717) is 20.9 Å². The van der Waals surface area contributed by atoms with Crippen LogP contribution in [0.15, 0.2) is 73.2 Å². The van der Waals surface area contributed by atoms with Crippen molar-refractivity contribution in [2.45, 2.75) is 6.92 Å². The minimum Gasteiger partial charge on any atom is -0.493 e. The minimum absolute atomic E-state index is 0.0616. The van der Waals surface area contributed by atoms with Gasteiger partial charge in [-0.2, -0.15) is 0 Å². The maximum absolute atomic E-state index is 10.1. The molecule has 6 heteroatoms. The van der Waals surface area contributed by atoms with E-state index in [0.717, 1.165) is 16.9 Å². The molecule has 4 rings (SSSR count). The molecule has 0 aliphatic rings. The smallest absolute Gasteiger partial charge is 0.222 e. The van der Waals surface area contributed by atoms with E-state index in [4.69, 9.17) is 23.2 Å². The number of aromatic hydroxyl groups is 1. The fraction of sp³-hybridized carbons (Fsp3) is 0.0435. The fourth-order valence-electron chi connectivity index (χ4n) is 3.03. The zero-order chi connectivity index (χ0) is 20.4. The lowest BCUT2D eigenvalue weighted by Crippen LogP contribution is -2.09. The molecule has 144 valence electrons. The average molecular weight is 422 g/mol. The van der Waals surface area contributed by atoms with Gasteiger partial charge in [-0.05, 0) is 48.9 Å². The molecule has 0 saturated heterocycles. The van der Waals surface area contributed by atoms with Gasteiger partial charge in [0.15, 0.2) is 0 Å². The lowest BCUT2D eigenvalue weighted by Gasteiger charge is -2.22. The van der Waals surface area contributed by atoms with Crippen molar-refractivity contribution >= 4 is 51.6 Å². The molecule has 0 amide bonds. The van der Waals surface area contributed by atoms with Crippen LogP contribution in [0, 0.1) is 6.92 Å². The van der Waals surface area contributed by atoms with E-state index in [1.54, 1.807) is 18.2 Å². The summed E-state index contributed by atoms with van der Waals surface area (Å²) >= 11 is 12.4. The number of fused-ring (bicyclic) bond motifs is 1. The van der Waals surface area contributed by atoms with Crippen molar-refractivity contribution < 1.29 is 5.11 Å². The summed E-state index contributed by atoms with van der Waals surface area (Å²) in [5.74, 6) is -0.0616. The first-order valence-corrected chi connectivity index (χ1v) is 9.70. The summed E-state index contributed by atoms with van der Waals surface area (Å²) in [6.45, 7) is 2.05. The monoisotopic (exact) mass is 421 g/mol. The number of hydrogen-bond acceptors (Lipinski definition) is 4. The van der Waals surface area contributed by atoms with Gasteiger partial charge in [0.2, 0.25) is 5.88 Å². The summed E-state index contributed by atoms with van der Waals surface area (Å²) in [5, 5.41) is 11.6. The number of hydrogen-bond donors (Lipinski definition) is 1. The van der Waals surface area contributed by atoms with Crippen molar-refractivity contribution in [3.63, 3.8) is 0 Å². The van der Waals surface area contributed by atoms with Crippen LogP contribution in [0.1, 0.15) is 11.1 Å². The molecule has 0 unspecified atom stereocenters. The fourth-order valence-corrected chi connectivity index (χ4v) is 3.32. The van der Waals surface area contributed by atoms with Gasteiger partial charge in [0.1, 0.15) is 11.8 Å². The molecule has 0 aliphatic heterocycles. The number of para-hydroxylation sites is 1. The summed E-state index contributed by atoms with van der Waals surface area (Å²) in [4.78, 5) is 10.2. The van der Waals surface area contributed by atoms with Crippen molar-refractivity contribution in [2.24, 2.45) is 0 Å². The molecule has 29 heavy (non-hydrogen) atoms. The van der Waals surface area contributed by atoms with Gasteiger partial charge in [-0.15, -0.1) is 0 Å². The van der Waals surface area contributed by atoms with E-state index < -0.39 is 0 Å². The molecule has 0 spiro atoms. The van der Waals surface area contributed by atoms with E-state index in [9.17, 15) is 5.11 Å². The Balaban J connectivity index is 1.87. The predicted octanol–water partition coefficient (Wildman–Crippen LogP) is 6.76. The largest absolute Gasteiger partial charge is 0.493 e. The van der Waals surface area contributed by atoms with Gasteiger partial charge < -0.3 is 10.0 Å². The van der Waals surface area contributed by atoms with Crippen LogP contribution in [0.5, 0.6) is 5.88 Å². The van der Waals surface area contributed by atoms with Gasteiger partial charge in [-0.1, -0.05) is 59.1 Å². The van der Waals surface area contributed by atoms with E-state index >= 15 is 0 Å². The highest BCUT2D eigenvalue weighted by atomic mass is 35.5. The third-order valence-corrected chi connectivity index (χ3v) is 5.30. The van der Waals surface area contributed by atoms with Crippen molar-refractivity contribution in [3.05, 3.63) is 94.4 Å². The molecule has 0 atom stereocenters. The number of aromatic nitrogens is 2. The summed E-state index contributed by atoms with van der Waals surface area (Å²) in [7, 11) is 0. The number of halogens is 2. The highest BCUT2D eigenvalue weighted by Crippen LogP contribution is 2.36. The van der Waals surface area contributed by atoms with Crippen LogP contribution in [0.25, 0.3) is 17.0 Å². The van der Waals surface area contributed by atoms with Crippen LogP contribution in [0.4, 0.5) is 11.4 Å². The first-order chi connectivity index (χ1) is 14.0. The molecular weight excluding hydrogens is 405 g/mol. The number of aryl methyl sites for hydroxylation is 1. The highest BCUT2D eigenvalue weighted by Gasteiger charge is 2.14. The normalized spacial score (nSPS) is 11.3. The molecule has 4 nitrogen and oxygen atoms in total. The topological polar surface area (TPSA) is 49.2 Å². The van der Waals surface area contributed by atoms with Crippen molar-refractivity contribution in [3.8, 4) is 5.88 Å². The number of benzene rings is 3. The van der Waals surface area contributed by atoms with Gasteiger partial charge in [-0.3, -0.25) is 0 Å². The summed E-state index contributed by atoms with van der Waals surface area (Å²) in [6.07, 6.45) is 5.29. The standard InChI is InChI=1S/C23H17Cl2N3O/c1-15-5-7-16(8-6-15)11-12-28(17-9-10-19(24)20(25)13-17)21-4-2-3-18-22(21)26-14-27-23(18)29/h2-14H,1H3,(H,26,27,29). The molecule has 0 bridgehead atoms. The Labute approximate surface area is 178 Å². The van der Waals surface area contributed by atoms with E-state index in [2.05, 4.69) is 41.2 Å². The molecule has 1 N–H and O–H groups in total. The SMILES string of the molecule is Cc1ccc(C=CN(c2ccc(Cl)c(Cl)c2)c2cccc3c(O)ncnc23)cc1. The van der Waals surface area contributed by atoms with E-state index in [1.807, 2.05) is 35.4 Å². The number of anilines is 2. The molecule has 0 aliphatic carbocycles.